The normalized spacial score (nSPS) is 13.1. The molecule has 38 heavy (non-hydrogen) atoms. The molecule has 7 nitrogen and oxygen atoms in total. The van der Waals surface area contributed by atoms with Crippen LogP contribution >= 0.6 is 0 Å². The third-order valence-corrected chi connectivity index (χ3v) is 6.64. The van der Waals surface area contributed by atoms with Gasteiger partial charge in [0.25, 0.3) is 0 Å². The van der Waals surface area contributed by atoms with Crippen LogP contribution in [0.3, 0.4) is 0 Å². The van der Waals surface area contributed by atoms with Crippen molar-refractivity contribution in [2.45, 2.75) is 126 Å². The lowest BCUT2D eigenvalue weighted by atomic mass is 9.82. The summed E-state index contributed by atoms with van der Waals surface area (Å²) in [5, 5.41) is 5.99. The highest BCUT2D eigenvalue weighted by Crippen LogP contribution is 2.26. The van der Waals surface area contributed by atoms with Crippen LogP contribution in [-0.4, -0.2) is 67.9 Å². The Labute approximate surface area is 234 Å². The van der Waals surface area contributed by atoms with E-state index in [1.165, 1.54) is 0 Å². The Kier molecular flexibility index (Phi) is 15.9. The van der Waals surface area contributed by atoms with Gasteiger partial charge in [-0.15, -0.1) is 0 Å². The summed E-state index contributed by atoms with van der Waals surface area (Å²) in [6.07, 6.45) is 5.87. The molecule has 0 spiro atoms. The first kappa shape index (κ1) is 36.5. The van der Waals surface area contributed by atoms with Gasteiger partial charge < -0.3 is 20.3 Å². The van der Waals surface area contributed by atoms with Gasteiger partial charge in [0.2, 0.25) is 11.8 Å². The molecule has 0 rings (SSSR count). The van der Waals surface area contributed by atoms with Crippen molar-refractivity contribution in [1.29, 1.82) is 0 Å². The summed E-state index contributed by atoms with van der Waals surface area (Å²) in [5.41, 5.74) is -0.763. The third kappa shape index (κ3) is 20.5. The lowest BCUT2D eigenvalue weighted by Gasteiger charge is -2.29. The van der Waals surface area contributed by atoms with Crippen LogP contribution in [0, 0.1) is 16.2 Å². The molecular weight excluding hydrogens is 478 g/mol. The highest BCUT2D eigenvalue weighted by atomic mass is 16.5. The van der Waals surface area contributed by atoms with Crippen LogP contribution in [0.15, 0.2) is 0 Å². The lowest BCUT2D eigenvalue weighted by Crippen LogP contribution is -2.35. The fourth-order valence-electron chi connectivity index (χ4n) is 4.08. The van der Waals surface area contributed by atoms with E-state index in [0.717, 1.165) is 38.8 Å². The first-order valence-corrected chi connectivity index (χ1v) is 14.6. The molecule has 2 N–H and O–H groups in total. The highest BCUT2D eigenvalue weighted by Gasteiger charge is 2.28. The number of ketones is 1. The van der Waals surface area contributed by atoms with Crippen molar-refractivity contribution in [2.24, 2.45) is 16.2 Å². The smallest absolute Gasteiger partial charge is 0.220 e. The molecule has 0 saturated carbocycles. The number of nitrogens with one attached hydrogen (secondary N) is 2. The Balaban J connectivity index is 4.09. The van der Waals surface area contributed by atoms with Crippen LogP contribution in [0.5, 0.6) is 0 Å². The van der Waals surface area contributed by atoms with Crippen molar-refractivity contribution < 1.29 is 19.1 Å². The summed E-state index contributed by atoms with van der Waals surface area (Å²) in [4.78, 5) is 39.0. The van der Waals surface area contributed by atoms with Gasteiger partial charge in [-0.25, -0.2) is 0 Å². The van der Waals surface area contributed by atoms with E-state index in [1.807, 2.05) is 27.7 Å². The first-order chi connectivity index (χ1) is 17.2. The zero-order valence-corrected chi connectivity index (χ0v) is 26.8. The molecule has 2 amide bonds. The number of hydrogen-bond acceptors (Lipinski definition) is 5. The van der Waals surface area contributed by atoms with Crippen LogP contribution in [0.2, 0.25) is 0 Å². The molecular formula is C31H61N3O4. The molecule has 0 unspecified atom stereocenters. The van der Waals surface area contributed by atoms with Crippen molar-refractivity contribution in [1.82, 2.24) is 15.5 Å². The Morgan fingerprint density at radius 1 is 0.684 bits per heavy atom. The van der Waals surface area contributed by atoms with Crippen LogP contribution in [0.1, 0.15) is 121 Å². The minimum atomic E-state index is -0.409. The molecule has 0 aliphatic carbocycles. The average molecular weight is 540 g/mol. The lowest BCUT2D eigenvalue weighted by molar-refractivity contribution is -0.129. The maximum atomic E-state index is 12.8. The number of nitrogens with zero attached hydrogens (tertiary/aromatic N) is 1. The minimum absolute atomic E-state index is 0.0163. The van der Waals surface area contributed by atoms with Gasteiger partial charge >= 0.3 is 0 Å². The second-order valence-corrected chi connectivity index (χ2v) is 14.7. The van der Waals surface area contributed by atoms with Gasteiger partial charge in [-0.3, -0.25) is 14.4 Å². The topological polar surface area (TPSA) is 87.7 Å². The molecule has 0 aliphatic heterocycles. The van der Waals surface area contributed by atoms with Crippen molar-refractivity contribution >= 4 is 17.6 Å². The van der Waals surface area contributed by atoms with Crippen molar-refractivity contribution in [3.05, 3.63) is 0 Å². The Morgan fingerprint density at radius 3 is 1.71 bits per heavy atom. The van der Waals surface area contributed by atoms with Crippen molar-refractivity contribution in [2.75, 3.05) is 39.8 Å². The predicted molar refractivity (Wildman–Crippen MR) is 158 cm³/mol. The molecule has 7 heteroatoms. The second kappa shape index (κ2) is 16.6. The molecule has 0 radical (unpaired) electrons. The van der Waals surface area contributed by atoms with Gasteiger partial charge in [-0.1, -0.05) is 55.4 Å². The van der Waals surface area contributed by atoms with Crippen molar-refractivity contribution in [3.8, 4) is 0 Å². The monoisotopic (exact) mass is 539 g/mol. The number of unbranched alkanes of at least 4 members (excludes halogenated alkanes) is 1. The molecule has 0 bridgehead atoms. The number of amides is 2. The second-order valence-electron chi connectivity index (χ2n) is 14.7. The Bertz CT molecular complexity index is 718. The zero-order valence-electron chi connectivity index (χ0n) is 26.8. The van der Waals surface area contributed by atoms with E-state index in [1.54, 1.807) is 0 Å². The quantitative estimate of drug-likeness (QED) is 0.204. The summed E-state index contributed by atoms with van der Waals surface area (Å²) in [6, 6.07) is 0. The molecule has 0 aromatic carbocycles. The molecule has 0 aliphatic rings. The molecule has 0 aromatic rings. The van der Waals surface area contributed by atoms with Crippen LogP contribution < -0.4 is 10.6 Å². The molecule has 0 atom stereocenters. The standard InChI is InChI=1S/C31H61N3O4/c1-28(2,3)23-26(36)32-18-14-21-34(11)20-13-12-15-25(35)30(7,8)17-22-38-31(9,10)16-19-33-27(37)24-29(4,5)6/h12-24H2,1-11H3,(H,32,36)(H,33,37). The third-order valence-electron chi connectivity index (χ3n) is 6.64. The number of hydrogen-bond donors (Lipinski definition) is 2. The SMILES string of the molecule is CN(CCCCC(=O)C(C)(C)CCOC(C)(C)CCNC(=O)CC(C)(C)C)CCCNC(=O)CC(C)(C)C. The maximum absolute atomic E-state index is 12.8. The van der Waals surface area contributed by atoms with E-state index >= 15 is 0 Å². The van der Waals surface area contributed by atoms with E-state index in [0.29, 0.717) is 45.4 Å². The van der Waals surface area contributed by atoms with E-state index in [9.17, 15) is 14.4 Å². The van der Waals surface area contributed by atoms with Gasteiger partial charge in [-0.2, -0.15) is 0 Å². The van der Waals surface area contributed by atoms with Crippen LogP contribution in [0.25, 0.3) is 0 Å². The highest BCUT2D eigenvalue weighted by molar-refractivity contribution is 5.84. The molecule has 0 heterocycles. The summed E-state index contributed by atoms with van der Waals surface area (Å²) in [5.74, 6) is 0.485. The number of carbonyl (C=O) groups is 3. The van der Waals surface area contributed by atoms with E-state index in [-0.39, 0.29) is 34.0 Å². The summed E-state index contributed by atoms with van der Waals surface area (Å²) in [6.45, 7) is 24.2. The minimum Gasteiger partial charge on any atom is -0.375 e. The number of ether oxygens (including phenoxy) is 1. The number of Topliss-reactive ketones (excluding diaryl/α,β-unsaturated/α-hetero) is 1. The van der Waals surface area contributed by atoms with E-state index in [4.69, 9.17) is 4.74 Å². The fraction of sp³-hybridized carbons (Fsp3) is 0.903. The van der Waals surface area contributed by atoms with Crippen LogP contribution in [0.4, 0.5) is 0 Å². The predicted octanol–water partition coefficient (Wildman–Crippen LogP) is 5.75. The largest absolute Gasteiger partial charge is 0.375 e. The Morgan fingerprint density at radius 2 is 1.18 bits per heavy atom. The van der Waals surface area contributed by atoms with Crippen LogP contribution in [-0.2, 0) is 19.1 Å². The summed E-state index contributed by atoms with van der Waals surface area (Å²) >= 11 is 0. The molecule has 0 fully saturated rings. The van der Waals surface area contributed by atoms with E-state index in [2.05, 4.69) is 64.1 Å². The zero-order chi connectivity index (χ0) is 29.6. The summed E-state index contributed by atoms with van der Waals surface area (Å²) < 4.78 is 6.10. The number of rotatable bonds is 19. The van der Waals surface area contributed by atoms with Gasteiger partial charge in [0.15, 0.2) is 0 Å². The fourth-order valence-corrected chi connectivity index (χ4v) is 4.08. The average Bonchev–Trinajstić information content (AvgIpc) is 2.71. The van der Waals surface area contributed by atoms with Gasteiger partial charge in [0.05, 0.1) is 5.60 Å². The van der Waals surface area contributed by atoms with Gasteiger partial charge in [0.1, 0.15) is 5.78 Å². The van der Waals surface area contributed by atoms with Gasteiger partial charge in [0, 0.05) is 44.4 Å². The maximum Gasteiger partial charge on any atom is 0.220 e. The first-order valence-electron chi connectivity index (χ1n) is 14.6. The molecule has 224 valence electrons. The molecule has 0 saturated heterocycles. The number of carbonyl (C=O) groups excluding carboxylic acids is 3. The van der Waals surface area contributed by atoms with Crippen molar-refractivity contribution in [3.63, 3.8) is 0 Å². The summed E-state index contributed by atoms with van der Waals surface area (Å²) in [7, 11) is 2.10. The van der Waals surface area contributed by atoms with Gasteiger partial charge in [-0.05, 0) is 76.9 Å². The Hall–Kier alpha value is -1.47. The van der Waals surface area contributed by atoms with E-state index < -0.39 is 5.41 Å². The molecule has 0 aromatic heterocycles.